The highest BCUT2D eigenvalue weighted by molar-refractivity contribution is 5.94. The molecule has 0 aromatic heterocycles. The van der Waals surface area contributed by atoms with E-state index in [1.165, 1.54) is 26.3 Å². The van der Waals surface area contributed by atoms with Gasteiger partial charge in [-0.25, -0.2) is 10.2 Å². The maximum absolute atomic E-state index is 14.1. The summed E-state index contributed by atoms with van der Waals surface area (Å²) in [5, 5.41) is 22.9. The van der Waals surface area contributed by atoms with Crippen LogP contribution in [0.3, 0.4) is 0 Å². The second kappa shape index (κ2) is 23.3. The third-order valence-electron chi connectivity index (χ3n) is 8.69. The number of amides is 5. The largest absolute Gasteiger partial charge is 0.493 e. The van der Waals surface area contributed by atoms with Crippen LogP contribution in [-0.4, -0.2) is 90.8 Å². The van der Waals surface area contributed by atoms with Crippen molar-refractivity contribution in [1.82, 2.24) is 32.1 Å². The Bertz CT molecular complexity index is 1760. The summed E-state index contributed by atoms with van der Waals surface area (Å²) in [6.45, 7) is 17.5. The van der Waals surface area contributed by atoms with Crippen molar-refractivity contribution >= 4 is 35.4 Å². The first kappa shape index (κ1) is 50.7. The Hall–Kier alpha value is -5.49. The Morgan fingerprint density at radius 2 is 1.45 bits per heavy atom. The van der Waals surface area contributed by atoms with Crippen molar-refractivity contribution in [3.63, 3.8) is 0 Å². The number of alkyl carbamates (subject to hydrolysis) is 1. The molecule has 5 amide bonds. The van der Waals surface area contributed by atoms with Crippen LogP contribution in [0, 0.1) is 16.0 Å². The Morgan fingerprint density at radius 1 is 0.817 bits per heavy atom. The SMILES string of the molecule is CNC(=O)CCCOc1cc([N+](=O)[O-])c(C(C)NNC(=O)[C@@H](NC(=O)[C@H](CC(C)C)NC(=O)[C@H](Cc2ccccc2)NC(=O)OC(C)(C)C)[C@@H](C)OC(C)(C)C)cc1OC. The predicted octanol–water partition coefficient (Wildman–Crippen LogP) is 4.55. The minimum Gasteiger partial charge on any atom is -0.493 e. The van der Waals surface area contributed by atoms with E-state index in [4.69, 9.17) is 18.9 Å². The van der Waals surface area contributed by atoms with Gasteiger partial charge in [-0.05, 0) is 85.8 Å². The zero-order valence-electron chi connectivity index (χ0n) is 37.0. The molecule has 0 saturated heterocycles. The van der Waals surface area contributed by atoms with E-state index in [9.17, 15) is 34.1 Å². The summed E-state index contributed by atoms with van der Waals surface area (Å²) < 4.78 is 22.7. The fraction of sp³-hybridized carbons (Fsp3) is 0.595. The number of nitrogens with one attached hydrogen (secondary N) is 6. The standard InChI is InChI=1S/C42H65N7O11/c1-25(2)21-30(44-37(51)31(22-28-17-14-13-15-18-28)45-40(54)60-42(8,9)10)38(52)46-36(27(4)59-41(5,6)7)39(53)48-47-26(3)29-23-33(57-12)34(24-32(29)49(55)56)58-20-16-19-35(50)43-11/h13-15,17-18,23-27,30-31,36,47H,16,19-22H2,1-12H3,(H,43,50)(H,44,51)(H,45,54)(H,46,52)(H,48,53)/t26?,27-,30+,31+,36+/m1/s1. The number of nitro groups is 1. The zero-order chi connectivity index (χ0) is 45.4. The van der Waals surface area contributed by atoms with Gasteiger partial charge >= 0.3 is 6.09 Å². The van der Waals surface area contributed by atoms with E-state index in [-0.39, 0.29) is 60.4 Å². The molecular formula is C42H65N7O11. The molecule has 60 heavy (non-hydrogen) atoms. The number of methoxy groups -OCH3 is 1. The summed E-state index contributed by atoms with van der Waals surface area (Å²) in [4.78, 5) is 78.0. The Morgan fingerprint density at radius 3 is 2.00 bits per heavy atom. The molecule has 0 bridgehead atoms. The number of nitro benzene ring substituents is 1. The fourth-order valence-corrected chi connectivity index (χ4v) is 5.98. The molecule has 0 aliphatic rings. The molecule has 0 fully saturated rings. The van der Waals surface area contributed by atoms with Gasteiger partial charge in [-0.3, -0.25) is 34.7 Å². The lowest BCUT2D eigenvalue weighted by molar-refractivity contribution is -0.385. The number of hydrogen-bond donors (Lipinski definition) is 6. The van der Waals surface area contributed by atoms with E-state index in [2.05, 4.69) is 32.1 Å². The molecule has 2 aromatic carbocycles. The van der Waals surface area contributed by atoms with Gasteiger partial charge in [0, 0.05) is 19.9 Å². The third-order valence-corrected chi connectivity index (χ3v) is 8.69. The predicted molar refractivity (Wildman–Crippen MR) is 225 cm³/mol. The van der Waals surface area contributed by atoms with Gasteiger partial charge in [-0.2, -0.15) is 0 Å². The van der Waals surface area contributed by atoms with Crippen LogP contribution in [0.2, 0.25) is 0 Å². The van der Waals surface area contributed by atoms with Gasteiger partial charge in [0.1, 0.15) is 23.7 Å². The maximum Gasteiger partial charge on any atom is 0.408 e. The second-order valence-electron chi connectivity index (χ2n) is 16.8. The molecule has 0 heterocycles. The first-order valence-electron chi connectivity index (χ1n) is 20.0. The maximum atomic E-state index is 14.1. The highest BCUT2D eigenvalue weighted by atomic mass is 16.6. The minimum absolute atomic E-state index is 0.0855. The molecule has 1 unspecified atom stereocenters. The van der Waals surface area contributed by atoms with E-state index in [1.54, 1.807) is 67.5 Å². The first-order chi connectivity index (χ1) is 27.9. The summed E-state index contributed by atoms with van der Waals surface area (Å²) in [5.41, 5.74) is 4.39. The lowest BCUT2D eigenvalue weighted by Gasteiger charge is -2.32. The van der Waals surface area contributed by atoms with Gasteiger partial charge < -0.3 is 40.2 Å². The van der Waals surface area contributed by atoms with Gasteiger partial charge in [0.15, 0.2) is 11.5 Å². The number of benzene rings is 2. The van der Waals surface area contributed by atoms with Crippen LogP contribution in [0.1, 0.15) is 106 Å². The van der Waals surface area contributed by atoms with E-state index in [0.717, 1.165) is 5.56 Å². The summed E-state index contributed by atoms with van der Waals surface area (Å²) in [6.07, 6.45) is -0.864. The van der Waals surface area contributed by atoms with Gasteiger partial charge in [-0.15, -0.1) is 0 Å². The molecule has 0 aliphatic heterocycles. The van der Waals surface area contributed by atoms with Crippen LogP contribution in [0.25, 0.3) is 0 Å². The minimum atomic E-state index is -1.32. The number of ether oxygens (including phenoxy) is 4. The van der Waals surface area contributed by atoms with Crippen LogP contribution in [0.5, 0.6) is 11.5 Å². The Balaban J connectivity index is 2.36. The zero-order valence-corrected chi connectivity index (χ0v) is 37.0. The monoisotopic (exact) mass is 843 g/mol. The van der Waals surface area contributed by atoms with Crippen molar-refractivity contribution < 1.29 is 47.8 Å². The van der Waals surface area contributed by atoms with Gasteiger partial charge in [0.05, 0.1) is 48.0 Å². The molecular weight excluding hydrogens is 778 g/mol. The van der Waals surface area contributed by atoms with E-state index >= 15 is 0 Å². The quantitative estimate of drug-likeness (QED) is 0.0544. The fourth-order valence-electron chi connectivity index (χ4n) is 5.98. The lowest BCUT2D eigenvalue weighted by atomic mass is 10.0. The summed E-state index contributed by atoms with van der Waals surface area (Å²) in [6, 6.07) is 7.24. The molecule has 18 nitrogen and oxygen atoms in total. The molecule has 2 rings (SSSR count). The molecule has 2 aromatic rings. The summed E-state index contributed by atoms with van der Waals surface area (Å²) >= 11 is 0. The molecule has 334 valence electrons. The number of carbonyl (C=O) groups excluding carboxylic acids is 5. The normalized spacial score (nSPS) is 14.1. The number of rotatable bonds is 22. The number of nitrogens with zero attached hydrogens (tertiary/aromatic N) is 1. The van der Waals surface area contributed by atoms with Crippen LogP contribution in [0.15, 0.2) is 42.5 Å². The second-order valence-corrected chi connectivity index (χ2v) is 16.8. The van der Waals surface area contributed by atoms with Gasteiger partial charge in [0.25, 0.3) is 11.6 Å². The average molecular weight is 844 g/mol. The van der Waals surface area contributed by atoms with E-state index in [1.807, 2.05) is 32.0 Å². The smallest absolute Gasteiger partial charge is 0.408 e. The molecule has 6 N–H and O–H groups in total. The van der Waals surface area contributed by atoms with Crippen molar-refractivity contribution in [3.05, 3.63) is 63.7 Å². The van der Waals surface area contributed by atoms with Gasteiger partial charge in [-0.1, -0.05) is 44.2 Å². The van der Waals surface area contributed by atoms with Gasteiger partial charge in [0.2, 0.25) is 17.7 Å². The molecule has 0 saturated carbocycles. The van der Waals surface area contributed by atoms with Crippen molar-refractivity contribution in [2.24, 2.45) is 5.92 Å². The van der Waals surface area contributed by atoms with Crippen molar-refractivity contribution in [1.29, 1.82) is 0 Å². The molecule has 0 aliphatic carbocycles. The highest BCUT2D eigenvalue weighted by Crippen LogP contribution is 2.37. The van der Waals surface area contributed by atoms with Crippen LogP contribution < -0.4 is 41.6 Å². The Kier molecular flexibility index (Phi) is 19.7. The molecule has 0 radical (unpaired) electrons. The molecule has 18 heteroatoms. The van der Waals surface area contributed by atoms with Crippen molar-refractivity contribution in [2.75, 3.05) is 20.8 Å². The highest BCUT2D eigenvalue weighted by Gasteiger charge is 2.35. The first-order valence-corrected chi connectivity index (χ1v) is 20.0. The number of hydrogen-bond acceptors (Lipinski definition) is 12. The van der Waals surface area contributed by atoms with E-state index < -0.39 is 70.2 Å². The average Bonchev–Trinajstić information content (AvgIpc) is 3.15. The van der Waals surface area contributed by atoms with Crippen LogP contribution >= 0.6 is 0 Å². The lowest BCUT2D eigenvalue weighted by Crippen LogP contribution is -2.61. The van der Waals surface area contributed by atoms with Crippen molar-refractivity contribution in [3.8, 4) is 11.5 Å². The topological polar surface area (TPSA) is 238 Å². The number of carbonyl (C=O) groups is 5. The number of hydrazine groups is 1. The van der Waals surface area contributed by atoms with Crippen molar-refractivity contribution in [2.45, 2.75) is 136 Å². The van der Waals surface area contributed by atoms with Crippen LogP contribution in [-0.2, 0) is 35.1 Å². The summed E-state index contributed by atoms with van der Waals surface area (Å²) in [7, 11) is 2.90. The van der Waals surface area contributed by atoms with E-state index in [0.29, 0.717) is 6.42 Å². The summed E-state index contributed by atoms with van der Waals surface area (Å²) in [5.74, 6) is -2.02. The third kappa shape index (κ3) is 17.8. The van der Waals surface area contributed by atoms with Crippen LogP contribution in [0.4, 0.5) is 10.5 Å². The Labute approximate surface area is 353 Å². The molecule has 0 spiro atoms. The molecule has 5 atom stereocenters.